The number of halogens is 1. The van der Waals surface area contributed by atoms with Gasteiger partial charge in [0.15, 0.2) is 10.8 Å². The Labute approximate surface area is 178 Å². The maximum Gasteiger partial charge on any atom is 0.270 e. The maximum atomic E-state index is 13.4. The molecule has 2 aromatic heterocycles. The summed E-state index contributed by atoms with van der Waals surface area (Å²) in [5.74, 6) is 0.540. The van der Waals surface area contributed by atoms with Crippen LogP contribution in [0.5, 0.6) is 0 Å². The number of amides is 1. The third-order valence-corrected chi connectivity index (χ3v) is 5.55. The van der Waals surface area contributed by atoms with Crippen LogP contribution >= 0.6 is 11.3 Å². The molecule has 7 nitrogen and oxygen atoms in total. The standard InChI is InChI=1S/C21H24FN5O2S/c1-13(2)24-20(28)16-12-30-21(25-16)19-18(14-3-5-15(22)6-4-14)26-17(29-19)11-27-9-7-23-8-10-27/h3-6,12-13,23H,7-11H2,1-2H3,(H,24,28). The average Bonchev–Trinajstić information content (AvgIpc) is 3.36. The van der Waals surface area contributed by atoms with E-state index in [1.165, 1.54) is 23.5 Å². The lowest BCUT2D eigenvalue weighted by Crippen LogP contribution is -2.42. The monoisotopic (exact) mass is 429 g/mol. The van der Waals surface area contributed by atoms with Gasteiger partial charge >= 0.3 is 0 Å². The minimum atomic E-state index is -0.313. The number of rotatable bonds is 6. The Morgan fingerprint density at radius 3 is 2.70 bits per heavy atom. The lowest BCUT2D eigenvalue weighted by Gasteiger charge is -2.25. The number of thiazole rings is 1. The molecule has 9 heteroatoms. The lowest BCUT2D eigenvalue weighted by atomic mass is 10.1. The van der Waals surface area contributed by atoms with Crippen LogP contribution in [0.2, 0.25) is 0 Å². The van der Waals surface area contributed by atoms with E-state index in [-0.39, 0.29) is 17.8 Å². The number of carbonyl (C=O) groups excluding carboxylic acids is 1. The number of hydrogen-bond donors (Lipinski definition) is 2. The summed E-state index contributed by atoms with van der Waals surface area (Å²) in [5.41, 5.74) is 1.68. The summed E-state index contributed by atoms with van der Waals surface area (Å²) >= 11 is 1.33. The smallest absolute Gasteiger partial charge is 0.270 e. The van der Waals surface area contributed by atoms with Gasteiger partial charge in [-0.25, -0.2) is 14.4 Å². The van der Waals surface area contributed by atoms with Crippen LogP contribution in [0.4, 0.5) is 4.39 Å². The maximum absolute atomic E-state index is 13.4. The minimum absolute atomic E-state index is 0.0216. The SMILES string of the molecule is CC(C)NC(=O)c1csc(-c2oc(CN3CCNCC3)nc2-c2ccc(F)cc2)n1. The number of piperazine rings is 1. The fraction of sp³-hybridized carbons (Fsp3) is 0.381. The van der Waals surface area contributed by atoms with E-state index in [4.69, 9.17) is 9.40 Å². The fourth-order valence-corrected chi connectivity index (χ4v) is 4.04. The van der Waals surface area contributed by atoms with E-state index in [2.05, 4.69) is 20.5 Å². The van der Waals surface area contributed by atoms with Crippen LogP contribution in [0.1, 0.15) is 30.2 Å². The summed E-state index contributed by atoms with van der Waals surface area (Å²) in [6.07, 6.45) is 0. The number of nitrogens with zero attached hydrogens (tertiary/aromatic N) is 3. The second-order valence-electron chi connectivity index (χ2n) is 7.48. The van der Waals surface area contributed by atoms with E-state index in [1.807, 2.05) is 13.8 Å². The molecule has 0 saturated carbocycles. The van der Waals surface area contributed by atoms with Gasteiger partial charge in [0.05, 0.1) is 6.54 Å². The number of benzene rings is 1. The summed E-state index contributed by atoms with van der Waals surface area (Å²) < 4.78 is 19.5. The number of carbonyl (C=O) groups is 1. The number of oxazole rings is 1. The Kier molecular flexibility index (Phi) is 6.21. The summed E-state index contributed by atoms with van der Waals surface area (Å²) in [5, 5.41) is 8.45. The van der Waals surface area contributed by atoms with Gasteiger partial charge in [-0.05, 0) is 38.1 Å². The second kappa shape index (κ2) is 9.03. The Morgan fingerprint density at radius 1 is 1.27 bits per heavy atom. The van der Waals surface area contributed by atoms with Crippen molar-refractivity contribution in [1.29, 1.82) is 0 Å². The first kappa shape index (κ1) is 20.6. The average molecular weight is 430 g/mol. The van der Waals surface area contributed by atoms with Crippen LogP contribution in [0.3, 0.4) is 0 Å². The van der Waals surface area contributed by atoms with Gasteiger partial charge in [0, 0.05) is 43.2 Å². The summed E-state index contributed by atoms with van der Waals surface area (Å²) in [6.45, 7) is 8.08. The molecular formula is C21H24FN5O2S. The molecule has 3 aromatic rings. The van der Waals surface area contributed by atoms with Gasteiger partial charge in [0.25, 0.3) is 5.91 Å². The normalized spacial score (nSPS) is 14.9. The van der Waals surface area contributed by atoms with Crippen molar-refractivity contribution in [2.45, 2.75) is 26.4 Å². The zero-order valence-electron chi connectivity index (χ0n) is 16.9. The molecule has 0 aliphatic carbocycles. The molecule has 2 N–H and O–H groups in total. The molecular weight excluding hydrogens is 405 g/mol. The highest BCUT2D eigenvalue weighted by Gasteiger charge is 2.23. The lowest BCUT2D eigenvalue weighted by molar-refractivity contribution is 0.0939. The molecule has 0 unspecified atom stereocenters. The van der Waals surface area contributed by atoms with Gasteiger partial charge in [-0.3, -0.25) is 9.69 Å². The Morgan fingerprint density at radius 2 is 2.00 bits per heavy atom. The van der Waals surface area contributed by atoms with Crippen LogP contribution in [0, 0.1) is 5.82 Å². The van der Waals surface area contributed by atoms with Crippen molar-refractivity contribution < 1.29 is 13.6 Å². The van der Waals surface area contributed by atoms with Gasteiger partial charge in [-0.1, -0.05) is 0 Å². The van der Waals surface area contributed by atoms with Crippen molar-refractivity contribution in [1.82, 2.24) is 25.5 Å². The Hall–Kier alpha value is -2.62. The highest BCUT2D eigenvalue weighted by Crippen LogP contribution is 2.35. The van der Waals surface area contributed by atoms with Gasteiger partial charge in [-0.15, -0.1) is 11.3 Å². The van der Waals surface area contributed by atoms with E-state index < -0.39 is 0 Å². The minimum Gasteiger partial charge on any atom is -0.436 e. The van der Waals surface area contributed by atoms with Gasteiger partial charge < -0.3 is 15.1 Å². The van der Waals surface area contributed by atoms with E-state index in [0.717, 1.165) is 31.7 Å². The van der Waals surface area contributed by atoms with Crippen molar-refractivity contribution in [3.05, 3.63) is 47.0 Å². The first-order valence-electron chi connectivity index (χ1n) is 9.95. The third-order valence-electron chi connectivity index (χ3n) is 4.71. The Bertz CT molecular complexity index is 1010. The number of aromatic nitrogens is 2. The van der Waals surface area contributed by atoms with Gasteiger partial charge in [0.1, 0.15) is 17.2 Å². The zero-order chi connectivity index (χ0) is 21.1. The predicted octanol–water partition coefficient (Wildman–Crippen LogP) is 3.15. The van der Waals surface area contributed by atoms with E-state index >= 15 is 0 Å². The molecule has 0 spiro atoms. The molecule has 1 aromatic carbocycles. The molecule has 30 heavy (non-hydrogen) atoms. The molecule has 1 amide bonds. The largest absolute Gasteiger partial charge is 0.436 e. The topological polar surface area (TPSA) is 83.3 Å². The predicted molar refractivity (Wildman–Crippen MR) is 114 cm³/mol. The highest BCUT2D eigenvalue weighted by atomic mass is 32.1. The van der Waals surface area contributed by atoms with Crippen LogP contribution < -0.4 is 10.6 Å². The molecule has 1 fully saturated rings. The second-order valence-corrected chi connectivity index (χ2v) is 8.34. The Balaban J connectivity index is 1.67. The summed E-state index contributed by atoms with van der Waals surface area (Å²) in [7, 11) is 0. The van der Waals surface area contributed by atoms with Crippen molar-refractivity contribution >= 4 is 17.2 Å². The third kappa shape index (κ3) is 4.75. The van der Waals surface area contributed by atoms with E-state index in [9.17, 15) is 9.18 Å². The molecule has 0 bridgehead atoms. The quantitative estimate of drug-likeness (QED) is 0.626. The fourth-order valence-electron chi connectivity index (χ4n) is 3.26. The highest BCUT2D eigenvalue weighted by molar-refractivity contribution is 7.13. The molecule has 0 atom stereocenters. The molecule has 0 radical (unpaired) electrons. The number of nitrogens with one attached hydrogen (secondary N) is 2. The summed E-state index contributed by atoms with van der Waals surface area (Å²) in [6, 6.07) is 6.16. The van der Waals surface area contributed by atoms with Crippen molar-refractivity contribution in [3.63, 3.8) is 0 Å². The van der Waals surface area contributed by atoms with Crippen LogP contribution in [-0.4, -0.2) is 53.0 Å². The molecule has 4 rings (SSSR count). The van der Waals surface area contributed by atoms with E-state index in [1.54, 1.807) is 17.5 Å². The van der Waals surface area contributed by atoms with Crippen molar-refractivity contribution in [3.8, 4) is 22.0 Å². The molecule has 1 aliphatic heterocycles. The van der Waals surface area contributed by atoms with Crippen molar-refractivity contribution in [2.24, 2.45) is 0 Å². The van der Waals surface area contributed by atoms with Gasteiger partial charge in [0.2, 0.25) is 5.89 Å². The first-order chi connectivity index (χ1) is 14.5. The molecule has 1 aliphatic rings. The van der Waals surface area contributed by atoms with Crippen LogP contribution in [0.15, 0.2) is 34.1 Å². The summed E-state index contributed by atoms with van der Waals surface area (Å²) in [4.78, 5) is 23.7. The van der Waals surface area contributed by atoms with Crippen LogP contribution in [0.25, 0.3) is 22.0 Å². The molecule has 3 heterocycles. The van der Waals surface area contributed by atoms with Gasteiger partial charge in [-0.2, -0.15) is 0 Å². The van der Waals surface area contributed by atoms with Crippen LogP contribution in [-0.2, 0) is 6.54 Å². The van der Waals surface area contributed by atoms with E-state index in [0.29, 0.717) is 34.6 Å². The first-order valence-corrected chi connectivity index (χ1v) is 10.8. The molecule has 1 saturated heterocycles. The zero-order valence-corrected chi connectivity index (χ0v) is 17.8. The number of hydrogen-bond acceptors (Lipinski definition) is 7. The van der Waals surface area contributed by atoms with Crippen molar-refractivity contribution in [2.75, 3.05) is 26.2 Å². The molecule has 158 valence electrons.